The van der Waals surface area contributed by atoms with Crippen LogP contribution in [-0.4, -0.2) is 37.4 Å². The second-order valence-corrected chi connectivity index (χ2v) is 5.03. The molecular weight excluding hydrogens is 254 g/mol. The van der Waals surface area contributed by atoms with Crippen molar-refractivity contribution in [2.24, 2.45) is 7.05 Å². The van der Waals surface area contributed by atoms with Gasteiger partial charge in [0.2, 0.25) is 0 Å². The molecule has 2 rings (SSSR count). The predicted octanol–water partition coefficient (Wildman–Crippen LogP) is 1.53. The maximum atomic E-state index is 12.4. The van der Waals surface area contributed by atoms with E-state index in [9.17, 15) is 4.79 Å². The molecule has 20 heavy (non-hydrogen) atoms. The topological polar surface area (TPSA) is 56.0 Å². The molecule has 0 unspecified atom stereocenters. The highest BCUT2D eigenvalue weighted by Crippen LogP contribution is 2.12. The molecule has 0 bridgehead atoms. The first kappa shape index (κ1) is 14.3. The normalized spacial score (nSPS) is 10.8. The molecule has 2 aromatic heterocycles. The van der Waals surface area contributed by atoms with Gasteiger partial charge in [-0.15, -0.1) is 0 Å². The smallest absolute Gasteiger partial charge is 0.272 e. The second-order valence-electron chi connectivity index (χ2n) is 5.03. The van der Waals surface area contributed by atoms with Crippen molar-refractivity contribution in [2.45, 2.75) is 33.9 Å². The quantitative estimate of drug-likeness (QED) is 0.850. The third kappa shape index (κ3) is 2.59. The van der Waals surface area contributed by atoms with E-state index in [1.165, 1.54) is 0 Å². The Morgan fingerprint density at radius 2 is 2.10 bits per heavy atom. The Bertz CT molecular complexity index is 626. The zero-order valence-electron chi connectivity index (χ0n) is 12.7. The number of hydrogen-bond donors (Lipinski definition) is 0. The van der Waals surface area contributed by atoms with E-state index >= 15 is 0 Å². The van der Waals surface area contributed by atoms with Crippen LogP contribution >= 0.6 is 0 Å². The summed E-state index contributed by atoms with van der Waals surface area (Å²) >= 11 is 0. The SMILES string of the molecule is CCn1ncc(CN(C)C(=O)c2cc(C)nn2C)c1C. The molecule has 0 aliphatic rings. The summed E-state index contributed by atoms with van der Waals surface area (Å²) in [4.78, 5) is 14.1. The first-order chi connectivity index (χ1) is 9.43. The van der Waals surface area contributed by atoms with Gasteiger partial charge in [-0.05, 0) is 26.8 Å². The molecule has 1 amide bonds. The maximum Gasteiger partial charge on any atom is 0.272 e. The van der Waals surface area contributed by atoms with Gasteiger partial charge < -0.3 is 4.90 Å². The molecule has 0 aliphatic carbocycles. The highest BCUT2D eigenvalue weighted by Gasteiger charge is 2.18. The number of carbonyl (C=O) groups excluding carboxylic acids is 1. The van der Waals surface area contributed by atoms with Gasteiger partial charge in [0.15, 0.2) is 0 Å². The van der Waals surface area contributed by atoms with Crippen molar-refractivity contribution in [1.29, 1.82) is 0 Å². The van der Waals surface area contributed by atoms with Crippen molar-refractivity contribution in [3.05, 3.63) is 34.9 Å². The standard InChI is InChI=1S/C14H21N5O/c1-6-19-11(3)12(8-15-19)9-17(4)14(20)13-7-10(2)16-18(13)5/h7-8H,6,9H2,1-5H3. The van der Waals surface area contributed by atoms with E-state index < -0.39 is 0 Å². The summed E-state index contributed by atoms with van der Waals surface area (Å²) in [6, 6.07) is 1.81. The first-order valence-corrected chi connectivity index (χ1v) is 6.71. The molecule has 6 heteroatoms. The summed E-state index contributed by atoms with van der Waals surface area (Å²) in [6.07, 6.45) is 1.83. The van der Waals surface area contributed by atoms with Crippen molar-refractivity contribution < 1.29 is 4.79 Å². The Kier molecular flexibility index (Phi) is 3.92. The lowest BCUT2D eigenvalue weighted by molar-refractivity contribution is 0.0774. The first-order valence-electron chi connectivity index (χ1n) is 6.71. The lowest BCUT2D eigenvalue weighted by Gasteiger charge is -2.17. The minimum atomic E-state index is -0.0308. The van der Waals surface area contributed by atoms with Gasteiger partial charge in [0.05, 0.1) is 11.9 Å². The molecule has 0 atom stereocenters. The number of aryl methyl sites for hydroxylation is 3. The van der Waals surface area contributed by atoms with E-state index in [4.69, 9.17) is 0 Å². The molecule has 108 valence electrons. The molecule has 2 aromatic rings. The van der Waals surface area contributed by atoms with Crippen molar-refractivity contribution in [1.82, 2.24) is 24.5 Å². The Labute approximate surface area is 119 Å². The van der Waals surface area contributed by atoms with Gasteiger partial charge in [-0.1, -0.05) is 0 Å². The Hall–Kier alpha value is -2.11. The number of hydrogen-bond acceptors (Lipinski definition) is 3. The highest BCUT2D eigenvalue weighted by molar-refractivity contribution is 5.92. The lowest BCUT2D eigenvalue weighted by atomic mass is 10.2. The van der Waals surface area contributed by atoms with Crippen LogP contribution in [0.3, 0.4) is 0 Å². The molecule has 0 saturated carbocycles. The minimum absolute atomic E-state index is 0.0308. The van der Waals surface area contributed by atoms with Gasteiger partial charge in [-0.2, -0.15) is 10.2 Å². The highest BCUT2D eigenvalue weighted by atomic mass is 16.2. The molecule has 0 aliphatic heterocycles. The van der Waals surface area contributed by atoms with Gasteiger partial charge >= 0.3 is 0 Å². The lowest BCUT2D eigenvalue weighted by Crippen LogP contribution is -2.28. The van der Waals surface area contributed by atoms with Crippen LogP contribution in [0.25, 0.3) is 0 Å². The Morgan fingerprint density at radius 3 is 2.60 bits per heavy atom. The number of amides is 1. The molecule has 0 aromatic carbocycles. The van der Waals surface area contributed by atoms with E-state index in [0.717, 1.165) is 23.5 Å². The van der Waals surface area contributed by atoms with Gasteiger partial charge in [-0.3, -0.25) is 14.2 Å². The molecule has 0 N–H and O–H groups in total. The van der Waals surface area contributed by atoms with Gasteiger partial charge in [0.25, 0.3) is 5.91 Å². The fourth-order valence-electron chi connectivity index (χ4n) is 2.29. The molecule has 0 radical (unpaired) electrons. The summed E-state index contributed by atoms with van der Waals surface area (Å²) in [5, 5.41) is 8.51. The predicted molar refractivity (Wildman–Crippen MR) is 76.4 cm³/mol. The summed E-state index contributed by atoms with van der Waals surface area (Å²) in [7, 11) is 3.59. The second kappa shape index (κ2) is 5.48. The zero-order valence-corrected chi connectivity index (χ0v) is 12.7. The van der Waals surface area contributed by atoms with Crippen molar-refractivity contribution in [3.8, 4) is 0 Å². The largest absolute Gasteiger partial charge is 0.336 e. The number of aromatic nitrogens is 4. The number of rotatable bonds is 4. The molecule has 0 fully saturated rings. The minimum Gasteiger partial charge on any atom is -0.336 e. The molecule has 0 saturated heterocycles. The van der Waals surface area contributed by atoms with Crippen LogP contribution in [0.15, 0.2) is 12.3 Å². The van der Waals surface area contributed by atoms with Crippen LogP contribution in [0.1, 0.15) is 34.4 Å². The zero-order chi connectivity index (χ0) is 14.9. The van der Waals surface area contributed by atoms with Crippen molar-refractivity contribution >= 4 is 5.91 Å². The number of nitrogens with zero attached hydrogens (tertiary/aromatic N) is 5. The summed E-state index contributed by atoms with van der Waals surface area (Å²) < 4.78 is 3.55. The van der Waals surface area contributed by atoms with Crippen LogP contribution in [0, 0.1) is 13.8 Å². The summed E-state index contributed by atoms with van der Waals surface area (Å²) in [6.45, 7) is 7.35. The summed E-state index contributed by atoms with van der Waals surface area (Å²) in [5.74, 6) is -0.0308. The monoisotopic (exact) mass is 275 g/mol. The molecular formula is C14H21N5O. The number of carbonyl (C=O) groups is 1. The van der Waals surface area contributed by atoms with Crippen molar-refractivity contribution in [3.63, 3.8) is 0 Å². The van der Waals surface area contributed by atoms with Crippen LogP contribution in [-0.2, 0) is 20.1 Å². The van der Waals surface area contributed by atoms with Gasteiger partial charge in [0.1, 0.15) is 5.69 Å². The van der Waals surface area contributed by atoms with Crippen LogP contribution < -0.4 is 0 Å². The van der Waals surface area contributed by atoms with Crippen LogP contribution in [0.2, 0.25) is 0 Å². The Morgan fingerprint density at radius 1 is 1.40 bits per heavy atom. The van der Waals surface area contributed by atoms with Crippen LogP contribution in [0.5, 0.6) is 0 Å². The fraction of sp³-hybridized carbons (Fsp3) is 0.500. The third-order valence-electron chi connectivity index (χ3n) is 3.48. The third-order valence-corrected chi connectivity index (χ3v) is 3.48. The van der Waals surface area contributed by atoms with E-state index in [-0.39, 0.29) is 5.91 Å². The van der Waals surface area contributed by atoms with E-state index in [0.29, 0.717) is 12.2 Å². The fourth-order valence-corrected chi connectivity index (χ4v) is 2.29. The Balaban J connectivity index is 2.15. The molecule has 6 nitrogen and oxygen atoms in total. The average Bonchev–Trinajstić information content (AvgIpc) is 2.92. The molecule has 2 heterocycles. The van der Waals surface area contributed by atoms with Crippen molar-refractivity contribution in [2.75, 3.05) is 7.05 Å². The van der Waals surface area contributed by atoms with E-state index in [1.807, 2.05) is 24.7 Å². The maximum absolute atomic E-state index is 12.4. The van der Waals surface area contributed by atoms with E-state index in [1.54, 1.807) is 29.7 Å². The van der Waals surface area contributed by atoms with Gasteiger partial charge in [-0.25, -0.2) is 0 Å². The van der Waals surface area contributed by atoms with E-state index in [2.05, 4.69) is 17.1 Å². The van der Waals surface area contributed by atoms with Crippen LogP contribution in [0.4, 0.5) is 0 Å². The van der Waals surface area contributed by atoms with Gasteiger partial charge in [0, 0.05) is 38.4 Å². The molecule has 0 spiro atoms. The average molecular weight is 275 g/mol. The summed E-state index contributed by atoms with van der Waals surface area (Å²) in [5.41, 5.74) is 3.62.